The highest BCUT2D eigenvalue weighted by Crippen LogP contribution is 2.38. The molecule has 0 radical (unpaired) electrons. The first-order chi connectivity index (χ1) is 33.5. The molecular weight excluding hydrogens is 876 g/mol. The predicted molar refractivity (Wildman–Crippen MR) is 298 cm³/mol. The fraction of sp³-hybridized carbons (Fsp3) is 0.883. The van der Waals surface area contributed by atoms with E-state index >= 15 is 0 Å². The lowest BCUT2D eigenvalue weighted by Crippen LogP contribution is -2.45. The number of unbranched alkanes of at least 4 members (excludes halogenated alkanes) is 38. The van der Waals surface area contributed by atoms with Crippen molar-refractivity contribution in [3.8, 4) is 0 Å². The van der Waals surface area contributed by atoms with Crippen molar-refractivity contribution in [1.29, 1.82) is 0 Å². The predicted octanol–water partition coefficient (Wildman–Crippen LogP) is 17.5. The van der Waals surface area contributed by atoms with E-state index in [1.807, 2.05) is 27.2 Å². The summed E-state index contributed by atoms with van der Waals surface area (Å²) in [7, 11) is 1.24. The zero-order valence-electron chi connectivity index (χ0n) is 46.5. The number of allylic oxidation sites excluding steroid dienone is 5. The maximum Gasteiger partial charge on any atom is 0.268 e. The lowest BCUT2D eigenvalue weighted by Gasteiger charge is -2.29. The molecule has 0 saturated heterocycles. The summed E-state index contributed by atoms with van der Waals surface area (Å²) in [6, 6.07) is -0.907. The molecule has 0 aromatic carbocycles. The Bertz CT molecular complexity index is 1220. The van der Waals surface area contributed by atoms with Gasteiger partial charge in [-0.05, 0) is 44.9 Å². The largest absolute Gasteiger partial charge is 0.756 e. The average Bonchev–Trinajstić information content (AvgIpc) is 3.31. The molecule has 0 spiro atoms. The SMILES string of the molecule is CCCCCCC/C=C/CC/C=C/CC/C=C/C(O)C(COP(=O)([O-])OCC[N+](C)(C)C)NC(=O)CCCCCCCCCCCCCCCCCCCCCCCCCCCCCCCCCC. The van der Waals surface area contributed by atoms with Gasteiger partial charge in [0, 0.05) is 6.42 Å². The van der Waals surface area contributed by atoms with Gasteiger partial charge < -0.3 is 28.8 Å². The van der Waals surface area contributed by atoms with Crippen LogP contribution in [0.25, 0.3) is 0 Å². The minimum atomic E-state index is -4.60. The Morgan fingerprint density at radius 3 is 1.17 bits per heavy atom. The number of carbonyl (C=O) groups excluding carboxylic acids is 1. The number of aliphatic hydroxyl groups is 1. The third kappa shape index (κ3) is 54.3. The smallest absolute Gasteiger partial charge is 0.268 e. The van der Waals surface area contributed by atoms with Gasteiger partial charge in [0.25, 0.3) is 7.82 Å². The number of nitrogens with zero attached hydrogens (tertiary/aromatic N) is 1. The lowest BCUT2D eigenvalue weighted by molar-refractivity contribution is -0.870. The van der Waals surface area contributed by atoms with Crippen LogP contribution in [0.15, 0.2) is 36.5 Å². The molecular formula is C60H117N2O6P. The number of rotatable bonds is 55. The minimum Gasteiger partial charge on any atom is -0.756 e. The average molecular weight is 994 g/mol. The van der Waals surface area contributed by atoms with Gasteiger partial charge in [0.1, 0.15) is 13.2 Å². The van der Waals surface area contributed by atoms with Gasteiger partial charge in [-0.25, -0.2) is 0 Å². The molecule has 0 aliphatic heterocycles. The second-order valence-corrected chi connectivity index (χ2v) is 23.1. The Balaban J connectivity index is 4.04. The third-order valence-electron chi connectivity index (χ3n) is 13.6. The molecule has 0 aliphatic rings. The molecule has 1 amide bonds. The van der Waals surface area contributed by atoms with E-state index < -0.39 is 26.6 Å². The summed E-state index contributed by atoms with van der Waals surface area (Å²) < 4.78 is 23.3. The second kappa shape index (κ2) is 51.6. The minimum absolute atomic E-state index is 0.00754. The van der Waals surface area contributed by atoms with Crippen LogP contribution in [0.2, 0.25) is 0 Å². The molecule has 3 unspecified atom stereocenters. The molecule has 0 saturated carbocycles. The summed E-state index contributed by atoms with van der Waals surface area (Å²) in [5.74, 6) is -0.207. The van der Waals surface area contributed by atoms with Crippen molar-refractivity contribution in [1.82, 2.24) is 5.32 Å². The number of hydrogen-bond donors (Lipinski definition) is 2. The first kappa shape index (κ1) is 67.7. The van der Waals surface area contributed by atoms with E-state index in [1.54, 1.807) is 6.08 Å². The van der Waals surface area contributed by atoms with Crippen molar-refractivity contribution >= 4 is 13.7 Å². The Labute approximate surface area is 429 Å². The molecule has 0 rings (SSSR count). The van der Waals surface area contributed by atoms with Crippen LogP contribution in [-0.4, -0.2) is 68.5 Å². The number of hydrogen-bond acceptors (Lipinski definition) is 6. The third-order valence-corrected chi connectivity index (χ3v) is 14.5. The second-order valence-electron chi connectivity index (χ2n) is 21.7. The maximum atomic E-state index is 12.9. The van der Waals surface area contributed by atoms with Crippen molar-refractivity contribution in [2.24, 2.45) is 0 Å². The quantitative estimate of drug-likeness (QED) is 0.0272. The first-order valence-corrected chi connectivity index (χ1v) is 31.3. The van der Waals surface area contributed by atoms with Crippen molar-refractivity contribution in [3.63, 3.8) is 0 Å². The van der Waals surface area contributed by atoms with E-state index in [4.69, 9.17) is 9.05 Å². The molecule has 0 fully saturated rings. The van der Waals surface area contributed by atoms with Gasteiger partial charge in [0.15, 0.2) is 0 Å². The van der Waals surface area contributed by atoms with Gasteiger partial charge in [0.2, 0.25) is 5.91 Å². The van der Waals surface area contributed by atoms with E-state index in [2.05, 4.69) is 43.5 Å². The van der Waals surface area contributed by atoms with Crippen LogP contribution in [0.3, 0.4) is 0 Å². The van der Waals surface area contributed by atoms with Gasteiger partial charge in [-0.15, -0.1) is 0 Å². The monoisotopic (exact) mass is 993 g/mol. The summed E-state index contributed by atoms with van der Waals surface area (Å²) in [6.07, 6.45) is 66.8. The van der Waals surface area contributed by atoms with Gasteiger partial charge in [-0.1, -0.05) is 275 Å². The van der Waals surface area contributed by atoms with Crippen LogP contribution in [0.4, 0.5) is 0 Å². The highest BCUT2D eigenvalue weighted by atomic mass is 31.2. The Morgan fingerprint density at radius 1 is 0.493 bits per heavy atom. The number of quaternary nitrogens is 1. The summed E-state index contributed by atoms with van der Waals surface area (Å²) in [4.78, 5) is 25.5. The number of phosphoric acid groups is 1. The highest BCUT2D eigenvalue weighted by Gasteiger charge is 2.23. The Kier molecular flexibility index (Phi) is 50.7. The topological polar surface area (TPSA) is 108 Å². The van der Waals surface area contributed by atoms with Crippen LogP contribution in [0.5, 0.6) is 0 Å². The normalized spacial score (nSPS) is 14.1. The molecule has 9 heteroatoms. The summed E-state index contributed by atoms with van der Waals surface area (Å²) in [6.45, 7) is 4.63. The number of nitrogens with one attached hydrogen (secondary N) is 1. The molecule has 0 aromatic heterocycles. The van der Waals surface area contributed by atoms with Crippen LogP contribution in [0.1, 0.15) is 290 Å². The van der Waals surface area contributed by atoms with Crippen LogP contribution >= 0.6 is 7.82 Å². The highest BCUT2D eigenvalue weighted by molar-refractivity contribution is 7.45. The van der Waals surface area contributed by atoms with Crippen LogP contribution < -0.4 is 10.2 Å². The van der Waals surface area contributed by atoms with Gasteiger partial charge >= 0.3 is 0 Å². The number of likely N-dealkylation sites (N-methyl/N-ethyl adjacent to an activating group) is 1. The van der Waals surface area contributed by atoms with Crippen molar-refractivity contribution in [2.45, 2.75) is 302 Å². The fourth-order valence-corrected chi connectivity index (χ4v) is 9.62. The van der Waals surface area contributed by atoms with E-state index in [-0.39, 0.29) is 12.5 Å². The lowest BCUT2D eigenvalue weighted by atomic mass is 10.0. The Morgan fingerprint density at radius 2 is 0.812 bits per heavy atom. The standard InChI is InChI=1S/C60H117N2O6P/c1-6-8-10-12-14-16-18-20-22-23-24-25-26-27-28-29-30-31-32-33-34-35-36-37-38-40-42-44-46-48-50-52-54-60(64)61-58(57-68-69(65,66)67-56-55-62(3,4)5)59(63)53-51-49-47-45-43-41-39-21-19-17-15-13-11-9-7-2/h19,21,43,45,51,53,58-59,63H,6-18,20,22-42,44,46-50,52,54-57H2,1-5H3,(H-,61,64,65,66)/b21-19+,45-43+,53-51+. The summed E-state index contributed by atoms with van der Waals surface area (Å²) in [5.41, 5.74) is 0. The van der Waals surface area contributed by atoms with Crippen LogP contribution in [0, 0.1) is 0 Å². The molecule has 0 heterocycles. The zero-order chi connectivity index (χ0) is 50.6. The van der Waals surface area contributed by atoms with Gasteiger partial charge in [-0.3, -0.25) is 9.36 Å². The molecule has 0 bridgehead atoms. The fourth-order valence-electron chi connectivity index (χ4n) is 8.89. The number of carbonyl (C=O) groups is 1. The molecule has 0 aliphatic carbocycles. The van der Waals surface area contributed by atoms with Gasteiger partial charge in [0.05, 0.1) is 39.9 Å². The molecule has 8 nitrogen and oxygen atoms in total. The van der Waals surface area contributed by atoms with Crippen molar-refractivity contribution in [3.05, 3.63) is 36.5 Å². The molecule has 408 valence electrons. The number of aliphatic hydroxyl groups excluding tert-OH is 1. The zero-order valence-corrected chi connectivity index (χ0v) is 47.4. The first-order valence-electron chi connectivity index (χ1n) is 29.9. The molecule has 3 atom stereocenters. The van der Waals surface area contributed by atoms with E-state index in [1.165, 1.54) is 225 Å². The van der Waals surface area contributed by atoms with Crippen LogP contribution in [-0.2, 0) is 18.4 Å². The molecule has 2 N–H and O–H groups in total. The summed E-state index contributed by atoms with van der Waals surface area (Å²) >= 11 is 0. The van der Waals surface area contributed by atoms with E-state index in [0.717, 1.165) is 44.9 Å². The van der Waals surface area contributed by atoms with Crippen molar-refractivity contribution in [2.75, 3.05) is 40.9 Å². The molecule has 69 heavy (non-hydrogen) atoms. The number of amides is 1. The number of phosphoric ester groups is 1. The Hall–Kier alpha value is -1.28. The van der Waals surface area contributed by atoms with E-state index in [0.29, 0.717) is 17.4 Å². The van der Waals surface area contributed by atoms with Crippen molar-refractivity contribution < 1.29 is 32.9 Å². The molecule has 0 aromatic rings. The summed E-state index contributed by atoms with van der Waals surface area (Å²) in [5, 5.41) is 13.8. The van der Waals surface area contributed by atoms with E-state index in [9.17, 15) is 19.4 Å². The maximum absolute atomic E-state index is 12.9. The van der Waals surface area contributed by atoms with Gasteiger partial charge in [-0.2, -0.15) is 0 Å².